The average molecular weight is 307 g/mol. The van der Waals surface area contributed by atoms with Crippen LogP contribution in [0.1, 0.15) is 12.8 Å². The molecule has 7 nitrogen and oxygen atoms in total. The van der Waals surface area contributed by atoms with E-state index in [1.165, 1.54) is 0 Å². The third-order valence-corrected chi connectivity index (χ3v) is 6.58. The predicted molar refractivity (Wildman–Crippen MR) is 79.6 cm³/mol. The fraction of sp³-hybridized carbons (Fsp3) is 0.538. The van der Waals surface area contributed by atoms with Gasteiger partial charge in [0, 0.05) is 32.4 Å². The Morgan fingerprint density at radius 3 is 2.62 bits per heavy atom. The van der Waals surface area contributed by atoms with Gasteiger partial charge >= 0.3 is 0 Å². The zero-order valence-corrected chi connectivity index (χ0v) is 12.4. The van der Waals surface area contributed by atoms with Crippen molar-refractivity contribution in [2.24, 2.45) is 0 Å². The van der Waals surface area contributed by atoms with Crippen LogP contribution in [0, 0.1) is 0 Å². The molecule has 2 aromatic rings. The molecule has 3 heterocycles. The molecule has 2 aromatic heterocycles. The summed E-state index contributed by atoms with van der Waals surface area (Å²) in [6.07, 6.45) is 5.02. The third kappa shape index (κ3) is 2.18. The molecule has 1 aliphatic carbocycles. The van der Waals surface area contributed by atoms with Crippen molar-refractivity contribution < 1.29 is 8.42 Å². The number of sulfonamides is 1. The summed E-state index contributed by atoms with van der Waals surface area (Å²) in [6, 6.07) is 1.96. The topological polar surface area (TPSA) is 82.2 Å². The van der Waals surface area contributed by atoms with Crippen molar-refractivity contribution in [2.75, 3.05) is 31.1 Å². The molecule has 0 aromatic carbocycles. The summed E-state index contributed by atoms with van der Waals surface area (Å²) in [5, 5.41) is 0.857. The minimum atomic E-state index is -3.06. The lowest BCUT2D eigenvalue weighted by Gasteiger charge is -2.34. The van der Waals surface area contributed by atoms with Crippen molar-refractivity contribution in [3.8, 4) is 0 Å². The molecular weight excluding hydrogens is 290 g/mol. The lowest BCUT2D eigenvalue weighted by Crippen LogP contribution is -2.49. The molecule has 1 saturated heterocycles. The molecule has 0 radical (unpaired) electrons. The molecule has 8 heteroatoms. The number of aromatic nitrogens is 3. The summed E-state index contributed by atoms with van der Waals surface area (Å²) >= 11 is 0. The van der Waals surface area contributed by atoms with Gasteiger partial charge in [0.2, 0.25) is 10.0 Å². The van der Waals surface area contributed by atoms with Crippen molar-refractivity contribution in [1.29, 1.82) is 0 Å². The van der Waals surface area contributed by atoms with E-state index >= 15 is 0 Å². The van der Waals surface area contributed by atoms with Crippen LogP contribution in [0.3, 0.4) is 0 Å². The number of rotatable bonds is 3. The Morgan fingerprint density at radius 1 is 1.14 bits per heavy atom. The van der Waals surface area contributed by atoms with Gasteiger partial charge < -0.3 is 9.88 Å². The number of hydrogen-bond acceptors (Lipinski definition) is 5. The van der Waals surface area contributed by atoms with Crippen molar-refractivity contribution in [3.63, 3.8) is 0 Å². The monoisotopic (exact) mass is 307 g/mol. The highest BCUT2D eigenvalue weighted by molar-refractivity contribution is 7.90. The maximum absolute atomic E-state index is 12.2. The van der Waals surface area contributed by atoms with Crippen LogP contribution in [0.2, 0.25) is 0 Å². The largest absolute Gasteiger partial charge is 0.353 e. The summed E-state index contributed by atoms with van der Waals surface area (Å²) in [6.45, 7) is 2.41. The number of anilines is 1. The Kier molecular flexibility index (Phi) is 2.90. The van der Waals surface area contributed by atoms with Gasteiger partial charge in [-0.2, -0.15) is 4.31 Å². The van der Waals surface area contributed by atoms with Gasteiger partial charge in [0.1, 0.15) is 17.8 Å². The molecule has 4 rings (SSSR count). The predicted octanol–water partition coefficient (Wildman–Crippen LogP) is 0.572. The minimum absolute atomic E-state index is 0.125. The van der Waals surface area contributed by atoms with Gasteiger partial charge in [-0.1, -0.05) is 0 Å². The Labute approximate surface area is 123 Å². The lowest BCUT2D eigenvalue weighted by molar-refractivity contribution is 0.383. The zero-order chi connectivity index (χ0) is 14.4. The fourth-order valence-corrected chi connectivity index (χ4v) is 4.67. The maximum atomic E-state index is 12.2. The number of piperazine rings is 1. The average Bonchev–Trinajstić information content (AvgIpc) is 3.26. The van der Waals surface area contributed by atoms with Crippen molar-refractivity contribution in [2.45, 2.75) is 18.1 Å². The molecule has 21 heavy (non-hydrogen) atoms. The van der Waals surface area contributed by atoms with E-state index in [0.717, 1.165) is 29.7 Å². The SMILES string of the molecule is O=S(=O)(C1CC1)N1CCN(c2ncnc3[nH]ccc23)CC1. The van der Waals surface area contributed by atoms with E-state index < -0.39 is 10.0 Å². The second-order valence-corrected chi connectivity index (χ2v) is 7.78. The van der Waals surface area contributed by atoms with E-state index in [-0.39, 0.29) is 5.25 Å². The zero-order valence-electron chi connectivity index (χ0n) is 11.6. The van der Waals surface area contributed by atoms with Gasteiger partial charge in [-0.15, -0.1) is 0 Å². The number of aromatic amines is 1. The Morgan fingerprint density at radius 2 is 1.90 bits per heavy atom. The molecule has 0 amide bonds. The van der Waals surface area contributed by atoms with Crippen LogP contribution in [0.4, 0.5) is 5.82 Å². The highest BCUT2D eigenvalue weighted by Crippen LogP contribution is 2.32. The van der Waals surface area contributed by atoms with Crippen LogP contribution in [-0.4, -0.2) is 59.1 Å². The van der Waals surface area contributed by atoms with Gasteiger partial charge in [0.25, 0.3) is 0 Å². The second-order valence-electron chi connectivity index (χ2n) is 5.57. The summed E-state index contributed by atoms with van der Waals surface area (Å²) in [4.78, 5) is 13.8. The highest BCUT2D eigenvalue weighted by Gasteiger charge is 2.41. The van der Waals surface area contributed by atoms with E-state index in [2.05, 4.69) is 19.9 Å². The molecule has 1 saturated carbocycles. The van der Waals surface area contributed by atoms with Crippen molar-refractivity contribution >= 4 is 26.9 Å². The Bertz CT molecular complexity index is 760. The molecule has 1 N–H and O–H groups in total. The van der Waals surface area contributed by atoms with Crippen LogP contribution in [0.25, 0.3) is 11.0 Å². The van der Waals surface area contributed by atoms with Gasteiger partial charge in [0.05, 0.1) is 10.6 Å². The van der Waals surface area contributed by atoms with Gasteiger partial charge in [0.15, 0.2) is 0 Å². The molecule has 0 atom stereocenters. The lowest BCUT2D eigenvalue weighted by atomic mass is 10.3. The molecule has 0 bridgehead atoms. The fourth-order valence-electron chi connectivity index (χ4n) is 2.84. The first kappa shape index (κ1) is 13.0. The van der Waals surface area contributed by atoms with E-state index in [4.69, 9.17) is 0 Å². The quantitative estimate of drug-likeness (QED) is 0.896. The molecular formula is C13H17N5O2S. The van der Waals surface area contributed by atoms with Crippen LogP contribution >= 0.6 is 0 Å². The number of nitrogens with zero attached hydrogens (tertiary/aromatic N) is 4. The van der Waals surface area contributed by atoms with E-state index in [9.17, 15) is 8.42 Å². The summed E-state index contributed by atoms with van der Waals surface area (Å²) in [7, 11) is -3.06. The Hall–Kier alpha value is -1.67. The highest BCUT2D eigenvalue weighted by atomic mass is 32.2. The van der Waals surface area contributed by atoms with Gasteiger partial charge in [-0.25, -0.2) is 18.4 Å². The van der Waals surface area contributed by atoms with Crippen LogP contribution in [0.15, 0.2) is 18.6 Å². The van der Waals surface area contributed by atoms with Crippen LogP contribution in [-0.2, 0) is 10.0 Å². The van der Waals surface area contributed by atoms with E-state index in [0.29, 0.717) is 26.2 Å². The normalized spacial score (nSPS) is 21.0. The first-order valence-electron chi connectivity index (χ1n) is 7.18. The van der Waals surface area contributed by atoms with Gasteiger partial charge in [-0.3, -0.25) is 0 Å². The van der Waals surface area contributed by atoms with Crippen molar-refractivity contribution in [1.82, 2.24) is 19.3 Å². The summed E-state index contributed by atoms with van der Waals surface area (Å²) in [5.41, 5.74) is 0.813. The summed E-state index contributed by atoms with van der Waals surface area (Å²) < 4.78 is 26.1. The first-order valence-corrected chi connectivity index (χ1v) is 8.68. The molecule has 0 spiro atoms. The number of H-pyrrole nitrogens is 1. The molecule has 2 aliphatic rings. The smallest absolute Gasteiger partial charge is 0.217 e. The minimum Gasteiger partial charge on any atom is -0.353 e. The van der Waals surface area contributed by atoms with Crippen LogP contribution in [0.5, 0.6) is 0 Å². The van der Waals surface area contributed by atoms with E-state index in [1.807, 2.05) is 12.3 Å². The maximum Gasteiger partial charge on any atom is 0.217 e. The molecule has 112 valence electrons. The number of hydrogen-bond donors (Lipinski definition) is 1. The molecule has 1 aliphatic heterocycles. The standard InChI is InChI=1S/C13H17N5O2S/c19-21(20,10-1-2-10)18-7-5-17(6-8-18)13-11-3-4-14-12(11)15-9-16-13/h3-4,9-10H,1-2,5-8H2,(H,14,15,16). The number of nitrogens with one attached hydrogen (secondary N) is 1. The molecule has 0 unspecified atom stereocenters. The van der Waals surface area contributed by atoms with Crippen LogP contribution < -0.4 is 4.90 Å². The van der Waals surface area contributed by atoms with Gasteiger partial charge in [-0.05, 0) is 18.9 Å². The third-order valence-electron chi connectivity index (χ3n) is 4.18. The second kappa shape index (κ2) is 4.67. The number of fused-ring (bicyclic) bond motifs is 1. The Balaban J connectivity index is 1.54. The molecule has 2 fully saturated rings. The van der Waals surface area contributed by atoms with Crippen molar-refractivity contribution in [3.05, 3.63) is 18.6 Å². The first-order chi connectivity index (χ1) is 10.2. The summed E-state index contributed by atoms with van der Waals surface area (Å²) in [5.74, 6) is 0.879. The van der Waals surface area contributed by atoms with E-state index in [1.54, 1.807) is 10.6 Å².